The van der Waals surface area contributed by atoms with Gasteiger partial charge < -0.3 is 14.8 Å². The standard InChI is InChI=1S/C29H32N6O2/c1-18-12-21(28(37)35-16-22-15-30-33-26(22)29(2,3)17-35)14-25(31-18)34-10-8-19(9-11-34)23-13-20-6-4-5-7-24(20)32-27(23)36/h4-7,12-15,19H,8-11,16-17H2,1-3H3,(H,30,33)(H,32,36). The van der Waals surface area contributed by atoms with Gasteiger partial charge in [-0.25, -0.2) is 4.98 Å². The summed E-state index contributed by atoms with van der Waals surface area (Å²) in [5.41, 5.74) is 5.22. The average Bonchev–Trinajstić information content (AvgIpc) is 3.37. The smallest absolute Gasteiger partial charge is 0.254 e. The number of benzene rings is 1. The summed E-state index contributed by atoms with van der Waals surface area (Å²) in [5, 5.41) is 8.37. The minimum Gasteiger partial charge on any atom is -0.357 e. The van der Waals surface area contributed by atoms with Crippen LogP contribution in [0, 0.1) is 6.92 Å². The number of para-hydroxylation sites is 1. The summed E-state index contributed by atoms with van der Waals surface area (Å²) >= 11 is 0. The van der Waals surface area contributed by atoms with Crippen molar-refractivity contribution in [2.75, 3.05) is 24.5 Å². The number of rotatable bonds is 3. The molecule has 8 heteroatoms. The van der Waals surface area contributed by atoms with Crippen LogP contribution in [-0.2, 0) is 12.0 Å². The monoisotopic (exact) mass is 496 g/mol. The van der Waals surface area contributed by atoms with Crippen molar-refractivity contribution in [3.8, 4) is 0 Å². The fourth-order valence-corrected chi connectivity index (χ4v) is 5.98. The third kappa shape index (κ3) is 4.30. The first-order chi connectivity index (χ1) is 17.8. The molecule has 0 aliphatic carbocycles. The topological polar surface area (TPSA) is 98.0 Å². The Morgan fingerprint density at radius 3 is 2.70 bits per heavy atom. The Bertz CT molecular complexity index is 1540. The van der Waals surface area contributed by atoms with Gasteiger partial charge >= 0.3 is 0 Å². The highest BCUT2D eigenvalue weighted by Gasteiger charge is 2.36. The predicted molar refractivity (Wildman–Crippen MR) is 144 cm³/mol. The van der Waals surface area contributed by atoms with Gasteiger partial charge in [-0.15, -0.1) is 0 Å². The molecule has 1 aromatic carbocycles. The van der Waals surface area contributed by atoms with Crippen LogP contribution in [-0.4, -0.2) is 50.6 Å². The van der Waals surface area contributed by atoms with Crippen molar-refractivity contribution in [1.29, 1.82) is 0 Å². The molecule has 2 N–H and O–H groups in total. The lowest BCUT2D eigenvalue weighted by atomic mass is 9.83. The first-order valence-corrected chi connectivity index (χ1v) is 13.0. The van der Waals surface area contributed by atoms with Gasteiger partial charge in [-0.3, -0.25) is 14.7 Å². The van der Waals surface area contributed by atoms with E-state index >= 15 is 0 Å². The van der Waals surface area contributed by atoms with E-state index < -0.39 is 0 Å². The van der Waals surface area contributed by atoms with Crippen molar-refractivity contribution in [2.45, 2.75) is 51.5 Å². The van der Waals surface area contributed by atoms with Gasteiger partial charge in [0.1, 0.15) is 5.82 Å². The van der Waals surface area contributed by atoms with Crippen LogP contribution in [0.3, 0.4) is 0 Å². The molecular formula is C29H32N6O2. The van der Waals surface area contributed by atoms with Gasteiger partial charge in [0.15, 0.2) is 0 Å². The van der Waals surface area contributed by atoms with Gasteiger partial charge in [0, 0.05) is 65.2 Å². The largest absolute Gasteiger partial charge is 0.357 e. The molecule has 0 unspecified atom stereocenters. The molecule has 1 saturated heterocycles. The zero-order valence-corrected chi connectivity index (χ0v) is 21.5. The van der Waals surface area contributed by atoms with Crippen LogP contribution in [0.4, 0.5) is 5.82 Å². The first kappa shape index (κ1) is 23.5. The number of piperidine rings is 1. The van der Waals surface area contributed by atoms with E-state index in [1.807, 2.05) is 60.5 Å². The first-order valence-electron chi connectivity index (χ1n) is 13.0. The number of nitrogens with zero attached hydrogens (tertiary/aromatic N) is 4. The number of aryl methyl sites for hydroxylation is 1. The summed E-state index contributed by atoms with van der Waals surface area (Å²) in [6.07, 6.45) is 3.55. The van der Waals surface area contributed by atoms with Gasteiger partial charge in [-0.05, 0) is 55.3 Å². The van der Waals surface area contributed by atoms with Gasteiger partial charge in [0.25, 0.3) is 11.5 Å². The molecular weight excluding hydrogens is 464 g/mol. The second-order valence-corrected chi connectivity index (χ2v) is 11.1. The molecule has 190 valence electrons. The Hall–Kier alpha value is -3.94. The Balaban J connectivity index is 1.20. The normalized spacial score (nSPS) is 17.7. The molecule has 8 nitrogen and oxygen atoms in total. The number of hydrogen-bond donors (Lipinski definition) is 2. The maximum atomic E-state index is 13.6. The SMILES string of the molecule is Cc1cc(C(=O)N2Cc3cn[nH]c3C(C)(C)C2)cc(N2CCC(c3cc4ccccc4[nH]c3=O)CC2)n1. The van der Waals surface area contributed by atoms with Crippen LogP contribution >= 0.6 is 0 Å². The van der Waals surface area contributed by atoms with Crippen LogP contribution in [0.25, 0.3) is 10.9 Å². The van der Waals surface area contributed by atoms with Crippen LogP contribution < -0.4 is 10.5 Å². The summed E-state index contributed by atoms with van der Waals surface area (Å²) in [7, 11) is 0. The summed E-state index contributed by atoms with van der Waals surface area (Å²) in [5.74, 6) is 1.05. The van der Waals surface area contributed by atoms with Gasteiger partial charge in [-0.1, -0.05) is 32.0 Å². The zero-order valence-electron chi connectivity index (χ0n) is 21.5. The van der Waals surface area contributed by atoms with E-state index in [1.54, 1.807) is 0 Å². The molecule has 0 atom stereocenters. The Kier molecular flexibility index (Phi) is 5.62. The fourth-order valence-electron chi connectivity index (χ4n) is 5.98. The van der Waals surface area contributed by atoms with E-state index in [9.17, 15) is 9.59 Å². The van der Waals surface area contributed by atoms with E-state index in [-0.39, 0.29) is 22.8 Å². The molecule has 0 spiro atoms. The number of hydrogen-bond acceptors (Lipinski definition) is 5. The lowest BCUT2D eigenvalue weighted by Crippen LogP contribution is -2.45. The number of amides is 1. The molecule has 5 heterocycles. The van der Waals surface area contributed by atoms with E-state index in [2.05, 4.69) is 33.9 Å². The number of fused-ring (bicyclic) bond motifs is 2. The summed E-state index contributed by atoms with van der Waals surface area (Å²) < 4.78 is 0. The quantitative estimate of drug-likeness (QED) is 0.441. The molecule has 2 aliphatic heterocycles. The van der Waals surface area contributed by atoms with E-state index in [4.69, 9.17) is 4.98 Å². The van der Waals surface area contributed by atoms with E-state index in [1.165, 1.54) is 0 Å². The summed E-state index contributed by atoms with van der Waals surface area (Å²) in [6.45, 7) is 8.97. The lowest BCUT2D eigenvalue weighted by Gasteiger charge is -2.37. The molecule has 0 radical (unpaired) electrons. The maximum absolute atomic E-state index is 13.6. The second-order valence-electron chi connectivity index (χ2n) is 11.1. The summed E-state index contributed by atoms with van der Waals surface area (Å²) in [6, 6.07) is 13.8. The average molecular weight is 497 g/mol. The fraction of sp³-hybridized carbons (Fsp3) is 0.379. The zero-order chi connectivity index (χ0) is 25.7. The van der Waals surface area contributed by atoms with Crippen molar-refractivity contribution >= 4 is 22.6 Å². The highest BCUT2D eigenvalue weighted by atomic mass is 16.2. The number of carbonyl (C=O) groups excluding carboxylic acids is 1. The molecule has 4 aromatic rings. The summed E-state index contributed by atoms with van der Waals surface area (Å²) in [4.78, 5) is 38.3. The molecule has 0 saturated carbocycles. The molecule has 6 rings (SSSR count). The second kappa shape index (κ2) is 8.87. The van der Waals surface area contributed by atoms with Crippen LogP contribution in [0.2, 0.25) is 0 Å². The van der Waals surface area contributed by atoms with Crippen molar-refractivity contribution in [3.05, 3.63) is 87.1 Å². The molecule has 0 bridgehead atoms. The molecule has 2 aliphatic rings. The Labute approximate surface area is 215 Å². The number of nitrogens with one attached hydrogen (secondary N) is 2. The molecule has 3 aromatic heterocycles. The van der Waals surface area contributed by atoms with Crippen molar-refractivity contribution < 1.29 is 4.79 Å². The van der Waals surface area contributed by atoms with Crippen molar-refractivity contribution in [3.63, 3.8) is 0 Å². The van der Waals surface area contributed by atoms with Crippen LogP contribution in [0.1, 0.15) is 65.5 Å². The van der Waals surface area contributed by atoms with Gasteiger partial charge in [0.05, 0.1) is 6.20 Å². The van der Waals surface area contributed by atoms with Crippen LogP contribution in [0.5, 0.6) is 0 Å². The number of carbonyl (C=O) groups is 1. The molecule has 1 fully saturated rings. The van der Waals surface area contributed by atoms with Crippen molar-refractivity contribution in [1.82, 2.24) is 25.1 Å². The molecule has 1 amide bonds. The predicted octanol–water partition coefficient (Wildman–Crippen LogP) is 4.27. The van der Waals surface area contributed by atoms with Gasteiger partial charge in [0.2, 0.25) is 0 Å². The minimum atomic E-state index is -0.187. The number of aromatic amines is 2. The highest BCUT2D eigenvalue weighted by molar-refractivity contribution is 5.95. The Morgan fingerprint density at radius 2 is 1.89 bits per heavy atom. The number of aromatic nitrogens is 4. The Morgan fingerprint density at radius 1 is 1.11 bits per heavy atom. The maximum Gasteiger partial charge on any atom is 0.254 e. The van der Waals surface area contributed by atoms with E-state index in [0.717, 1.165) is 65.2 Å². The number of anilines is 1. The highest BCUT2D eigenvalue weighted by Crippen LogP contribution is 2.33. The van der Waals surface area contributed by atoms with Crippen molar-refractivity contribution in [2.24, 2.45) is 0 Å². The third-order valence-corrected chi connectivity index (χ3v) is 7.86. The third-order valence-electron chi connectivity index (χ3n) is 7.86. The number of H-pyrrole nitrogens is 2. The lowest BCUT2D eigenvalue weighted by molar-refractivity contribution is 0.0684. The van der Waals surface area contributed by atoms with Crippen LogP contribution in [0.15, 0.2) is 53.5 Å². The molecule has 37 heavy (non-hydrogen) atoms. The van der Waals surface area contributed by atoms with E-state index in [0.29, 0.717) is 18.7 Å². The number of pyridine rings is 2. The minimum absolute atomic E-state index is 0.00366. The van der Waals surface area contributed by atoms with Gasteiger partial charge in [-0.2, -0.15) is 5.10 Å².